The molecular formula is C28H35N5O4. The van der Waals surface area contributed by atoms with E-state index in [0.717, 1.165) is 6.42 Å². The second-order valence-corrected chi connectivity index (χ2v) is 10.1. The van der Waals surface area contributed by atoms with Crippen LogP contribution in [-0.2, 0) is 0 Å². The van der Waals surface area contributed by atoms with E-state index in [4.69, 9.17) is 4.74 Å². The molecule has 1 aliphatic carbocycles. The Labute approximate surface area is 218 Å². The van der Waals surface area contributed by atoms with Gasteiger partial charge in [0.1, 0.15) is 17.4 Å². The smallest absolute Gasteiger partial charge is 0.273 e. The molecule has 2 aliphatic rings. The molecule has 0 unspecified atom stereocenters. The quantitative estimate of drug-likeness (QED) is 0.602. The van der Waals surface area contributed by atoms with E-state index < -0.39 is 12.1 Å². The van der Waals surface area contributed by atoms with Crippen molar-refractivity contribution in [3.05, 3.63) is 47.7 Å². The van der Waals surface area contributed by atoms with Crippen molar-refractivity contribution in [1.29, 1.82) is 0 Å². The molecule has 2 aromatic heterocycles. The van der Waals surface area contributed by atoms with E-state index in [0.29, 0.717) is 23.6 Å². The van der Waals surface area contributed by atoms with Gasteiger partial charge in [-0.2, -0.15) is 0 Å². The minimum Gasteiger partial charge on any atom is -0.472 e. The van der Waals surface area contributed by atoms with Crippen LogP contribution in [-0.4, -0.2) is 80.6 Å². The van der Waals surface area contributed by atoms with Crippen LogP contribution in [0.3, 0.4) is 0 Å². The zero-order chi connectivity index (χ0) is 26.4. The molecule has 2 amide bonds. The van der Waals surface area contributed by atoms with E-state index in [-0.39, 0.29) is 42.5 Å². The third-order valence-corrected chi connectivity index (χ3v) is 7.20. The predicted molar refractivity (Wildman–Crippen MR) is 138 cm³/mol. The Kier molecular flexibility index (Phi) is 8.72. The zero-order valence-electron chi connectivity index (χ0n) is 21.8. The van der Waals surface area contributed by atoms with Crippen LogP contribution in [0.4, 0.5) is 0 Å². The van der Waals surface area contributed by atoms with Gasteiger partial charge in [-0.25, -0.2) is 9.97 Å². The normalized spacial score (nSPS) is 20.6. The van der Waals surface area contributed by atoms with Crippen LogP contribution < -0.4 is 4.74 Å². The first-order valence-corrected chi connectivity index (χ1v) is 13.0. The molecule has 3 heterocycles. The monoisotopic (exact) mass is 505 g/mol. The maximum atomic E-state index is 13.6. The lowest BCUT2D eigenvalue weighted by Crippen LogP contribution is -2.50. The summed E-state index contributed by atoms with van der Waals surface area (Å²) in [5.41, 5.74) is 1.21. The lowest BCUT2D eigenvalue weighted by Gasteiger charge is -2.37. The first kappa shape index (κ1) is 26.6. The molecule has 196 valence electrons. The number of likely N-dealkylation sites (N-methyl/N-ethyl adjacent to an activating group) is 1. The van der Waals surface area contributed by atoms with E-state index in [1.807, 2.05) is 13.8 Å². The molecule has 0 spiro atoms. The van der Waals surface area contributed by atoms with Crippen LogP contribution in [0, 0.1) is 23.7 Å². The molecule has 1 fully saturated rings. The summed E-state index contributed by atoms with van der Waals surface area (Å²) >= 11 is 0. The maximum Gasteiger partial charge on any atom is 0.273 e. The number of ether oxygens (including phenoxy) is 1. The summed E-state index contributed by atoms with van der Waals surface area (Å²) in [4.78, 5) is 42.2. The lowest BCUT2D eigenvalue weighted by atomic mass is 9.99. The summed E-state index contributed by atoms with van der Waals surface area (Å²) in [6.07, 6.45) is 11.5. The second kappa shape index (κ2) is 12.2. The molecule has 0 saturated heterocycles. The Bertz CT molecular complexity index is 1160. The third-order valence-electron chi connectivity index (χ3n) is 7.20. The Balaban J connectivity index is 1.59. The van der Waals surface area contributed by atoms with Gasteiger partial charge in [-0.05, 0) is 31.7 Å². The van der Waals surface area contributed by atoms with Crippen LogP contribution in [0.15, 0.2) is 30.9 Å². The molecule has 1 N–H and O–H groups in total. The number of aromatic nitrogens is 3. The van der Waals surface area contributed by atoms with Crippen molar-refractivity contribution in [1.82, 2.24) is 24.8 Å². The highest BCUT2D eigenvalue weighted by atomic mass is 16.5. The van der Waals surface area contributed by atoms with Crippen LogP contribution >= 0.6 is 0 Å². The van der Waals surface area contributed by atoms with Crippen molar-refractivity contribution in [3.63, 3.8) is 0 Å². The van der Waals surface area contributed by atoms with E-state index >= 15 is 0 Å². The van der Waals surface area contributed by atoms with Crippen molar-refractivity contribution in [3.8, 4) is 17.7 Å². The molecule has 4 rings (SSSR count). The molecule has 3 atom stereocenters. The molecule has 9 heteroatoms. The van der Waals surface area contributed by atoms with E-state index in [1.165, 1.54) is 49.2 Å². The molecule has 9 nitrogen and oxygen atoms in total. The number of hydrogen-bond acceptors (Lipinski definition) is 7. The van der Waals surface area contributed by atoms with Gasteiger partial charge in [0.2, 0.25) is 5.88 Å². The number of amides is 2. The van der Waals surface area contributed by atoms with Crippen molar-refractivity contribution < 1.29 is 19.4 Å². The average molecular weight is 506 g/mol. The fraction of sp³-hybridized carbons (Fsp3) is 0.536. The van der Waals surface area contributed by atoms with Gasteiger partial charge in [-0.3, -0.25) is 14.6 Å². The predicted octanol–water partition coefficient (Wildman–Crippen LogP) is 2.80. The van der Waals surface area contributed by atoms with Crippen LogP contribution in [0.25, 0.3) is 0 Å². The van der Waals surface area contributed by atoms with Gasteiger partial charge in [0.25, 0.3) is 11.8 Å². The Morgan fingerprint density at radius 1 is 1.27 bits per heavy atom. The van der Waals surface area contributed by atoms with E-state index in [9.17, 15) is 14.7 Å². The number of carbonyl (C=O) groups excluding carboxylic acids is 2. The highest BCUT2D eigenvalue weighted by Gasteiger charge is 2.35. The van der Waals surface area contributed by atoms with Crippen LogP contribution in [0.5, 0.6) is 5.88 Å². The summed E-state index contributed by atoms with van der Waals surface area (Å²) in [5.74, 6) is 6.62. The molecule has 0 bridgehead atoms. The topological polar surface area (TPSA) is 109 Å². The molecule has 0 radical (unpaired) electrons. The van der Waals surface area contributed by atoms with Gasteiger partial charge in [0.15, 0.2) is 0 Å². The highest BCUT2D eigenvalue weighted by Crippen LogP contribution is 2.28. The zero-order valence-corrected chi connectivity index (χ0v) is 21.8. The number of hydrogen-bond donors (Lipinski definition) is 1. The summed E-state index contributed by atoms with van der Waals surface area (Å²) in [6.45, 7) is 4.22. The first-order valence-electron chi connectivity index (χ1n) is 13.0. The number of rotatable bonds is 6. The molecule has 0 aromatic carbocycles. The number of aliphatic hydroxyl groups excluding tert-OH is 1. The van der Waals surface area contributed by atoms with Crippen molar-refractivity contribution in [2.45, 2.75) is 58.1 Å². The molecule has 1 aliphatic heterocycles. The number of nitrogens with zero attached hydrogens (tertiary/aromatic N) is 5. The van der Waals surface area contributed by atoms with Crippen LogP contribution in [0.1, 0.15) is 72.4 Å². The van der Waals surface area contributed by atoms with Crippen molar-refractivity contribution in [2.75, 3.05) is 26.7 Å². The Morgan fingerprint density at radius 2 is 2.05 bits per heavy atom. The summed E-state index contributed by atoms with van der Waals surface area (Å²) < 4.78 is 6.28. The fourth-order valence-electron chi connectivity index (χ4n) is 4.86. The largest absolute Gasteiger partial charge is 0.472 e. The number of fused-ring (bicyclic) bond motifs is 1. The lowest BCUT2D eigenvalue weighted by molar-refractivity contribution is 0.0312. The molecule has 37 heavy (non-hydrogen) atoms. The Hall–Kier alpha value is -3.51. The van der Waals surface area contributed by atoms with E-state index in [2.05, 4.69) is 26.8 Å². The summed E-state index contributed by atoms with van der Waals surface area (Å²) in [6, 6.07) is 1.34. The molecule has 2 aromatic rings. The van der Waals surface area contributed by atoms with Gasteiger partial charge in [-0.15, -0.1) is 0 Å². The Morgan fingerprint density at radius 3 is 2.76 bits per heavy atom. The first-order chi connectivity index (χ1) is 17.9. The van der Waals surface area contributed by atoms with Gasteiger partial charge in [0, 0.05) is 50.1 Å². The standard InChI is InChI=1S/C28H35N5O4/c1-19-16-33(20(2)18-34)27(35)23-13-22(10-6-9-21-7-4-5-8-21)14-31-26(23)37-25(19)17-32(3)28(36)24-15-29-11-12-30-24/h11-15,19-21,25,34H,4-5,7-9,16-18H2,1-3H3/t19-,20-,25+/m1/s1. The number of pyridine rings is 1. The summed E-state index contributed by atoms with van der Waals surface area (Å²) in [7, 11) is 1.68. The average Bonchev–Trinajstić information content (AvgIpc) is 3.44. The fourth-order valence-corrected chi connectivity index (χ4v) is 4.86. The van der Waals surface area contributed by atoms with Gasteiger partial charge in [0.05, 0.1) is 25.4 Å². The minimum absolute atomic E-state index is 0.143. The van der Waals surface area contributed by atoms with Crippen molar-refractivity contribution in [2.24, 2.45) is 11.8 Å². The highest BCUT2D eigenvalue weighted by molar-refractivity contribution is 5.97. The summed E-state index contributed by atoms with van der Waals surface area (Å²) in [5, 5.41) is 9.86. The molecule has 1 saturated carbocycles. The van der Waals surface area contributed by atoms with Gasteiger partial charge in [-0.1, -0.05) is 31.6 Å². The maximum absolute atomic E-state index is 13.6. The SMILES string of the molecule is C[C@@H]1CN([C@H](C)CO)C(=O)c2cc(C#CCC3CCCC3)cnc2O[C@H]1CN(C)C(=O)c1cnccn1. The van der Waals surface area contributed by atoms with Crippen LogP contribution in [0.2, 0.25) is 0 Å². The number of aliphatic hydroxyl groups is 1. The number of carbonyl (C=O) groups is 2. The van der Waals surface area contributed by atoms with Gasteiger partial charge >= 0.3 is 0 Å². The minimum atomic E-state index is -0.447. The second-order valence-electron chi connectivity index (χ2n) is 10.1. The third kappa shape index (κ3) is 6.44. The molecular weight excluding hydrogens is 470 g/mol. The van der Waals surface area contributed by atoms with Gasteiger partial charge < -0.3 is 19.6 Å². The van der Waals surface area contributed by atoms with Crippen molar-refractivity contribution >= 4 is 11.8 Å². The van der Waals surface area contributed by atoms with E-state index in [1.54, 1.807) is 24.2 Å².